The van der Waals surface area contributed by atoms with Crippen molar-refractivity contribution in [3.63, 3.8) is 0 Å². The minimum absolute atomic E-state index is 0. The third-order valence-corrected chi connectivity index (χ3v) is 26.8. The maximum Gasteiger partial charge on any atom is 0.162 e. The topological polar surface area (TPSA) is 201 Å². The fourth-order valence-corrected chi connectivity index (χ4v) is 19.9. The number of carbonyl (C=O) groups excluding carboxylic acids is 4. The molecule has 4 saturated carbocycles. The number of aliphatic hydroxyl groups is 4. The Morgan fingerprint density at radius 1 is 0.340 bits per heavy atom. The molecule has 0 aliphatic heterocycles. The summed E-state index contributed by atoms with van der Waals surface area (Å²) in [6, 6.07) is 73.7. The number of nitrogens with zero attached hydrogens (tertiary/aromatic N) is 4. The second-order valence-corrected chi connectivity index (χ2v) is 40.7. The van der Waals surface area contributed by atoms with Gasteiger partial charge in [0, 0.05) is 162 Å². The van der Waals surface area contributed by atoms with Gasteiger partial charge in [-0.25, -0.2) is 0 Å². The van der Waals surface area contributed by atoms with Crippen LogP contribution in [-0.2, 0) is 125 Å². The van der Waals surface area contributed by atoms with Gasteiger partial charge in [0.25, 0.3) is 0 Å². The number of rotatable bonds is 25. The van der Waals surface area contributed by atoms with E-state index in [9.17, 15) is 34.5 Å². The van der Waals surface area contributed by atoms with Crippen LogP contribution >= 0.6 is 0 Å². The van der Waals surface area contributed by atoms with E-state index in [1.807, 2.05) is 27.7 Å². The van der Waals surface area contributed by atoms with Crippen molar-refractivity contribution in [3.05, 3.63) is 308 Å². The van der Waals surface area contributed by atoms with E-state index in [0.717, 1.165) is 211 Å². The molecule has 0 unspecified atom stereocenters. The van der Waals surface area contributed by atoms with Gasteiger partial charge in [-0.05, 0) is 191 Å². The number of aliphatic hydroxyl groups excluding tert-OH is 4. The Morgan fingerprint density at radius 3 is 0.924 bits per heavy atom. The fourth-order valence-electron chi connectivity index (χ4n) is 19.9. The zero-order chi connectivity index (χ0) is 102. The first kappa shape index (κ1) is 125. The van der Waals surface area contributed by atoms with E-state index in [-0.39, 0.29) is 156 Å². The molecular weight excluding hydrogens is 2490 g/mol. The van der Waals surface area contributed by atoms with Crippen LogP contribution in [0.25, 0.3) is 88.6 Å². The van der Waals surface area contributed by atoms with Gasteiger partial charge in [0.05, 0.1) is 45.1 Å². The smallest absolute Gasteiger partial charge is 0.162 e. The molecular formula is C128H160Ir4N4O8-4. The van der Waals surface area contributed by atoms with E-state index in [1.165, 1.54) is 162 Å². The summed E-state index contributed by atoms with van der Waals surface area (Å²) < 4.78 is 0. The predicted octanol–water partition coefficient (Wildman–Crippen LogP) is 34.2. The molecule has 0 spiro atoms. The number of ketones is 4. The summed E-state index contributed by atoms with van der Waals surface area (Å²) in [6.45, 7) is 41.2. The molecule has 4 heterocycles. The molecule has 4 aliphatic carbocycles. The average molecular weight is 2650 g/mol. The van der Waals surface area contributed by atoms with Crippen LogP contribution in [0.15, 0.2) is 217 Å². The van der Waals surface area contributed by atoms with Gasteiger partial charge in [0.1, 0.15) is 0 Å². The van der Waals surface area contributed by atoms with Crippen molar-refractivity contribution in [3.8, 4) is 45.0 Å². The van der Waals surface area contributed by atoms with E-state index < -0.39 is 0 Å². The van der Waals surface area contributed by atoms with E-state index >= 15 is 0 Å². The molecule has 144 heavy (non-hydrogen) atoms. The monoisotopic (exact) mass is 2650 g/mol. The van der Waals surface area contributed by atoms with Gasteiger partial charge in [-0.15, -0.1) is 140 Å². The summed E-state index contributed by atoms with van der Waals surface area (Å²) in [5, 5.41) is 43.0. The second-order valence-electron chi connectivity index (χ2n) is 40.7. The Kier molecular flexibility index (Phi) is 55.8. The van der Waals surface area contributed by atoms with Crippen LogP contribution in [0.4, 0.5) is 0 Å². The van der Waals surface area contributed by atoms with Crippen LogP contribution in [-0.4, -0.2) is 63.5 Å². The van der Waals surface area contributed by atoms with Crippen molar-refractivity contribution < 1.29 is 120 Å². The minimum Gasteiger partial charge on any atom is -0.512 e. The molecule has 8 aromatic carbocycles. The molecule has 0 bridgehead atoms. The molecule has 780 valence electrons. The Morgan fingerprint density at radius 2 is 0.632 bits per heavy atom. The van der Waals surface area contributed by atoms with Crippen molar-refractivity contribution in [2.45, 2.75) is 325 Å². The summed E-state index contributed by atoms with van der Waals surface area (Å²) in [4.78, 5) is 64.9. The number of aryl methyl sites for hydroxylation is 11. The molecule has 4 aromatic heterocycles. The summed E-state index contributed by atoms with van der Waals surface area (Å²) in [5.41, 5.74) is 28.2. The first-order chi connectivity index (χ1) is 67.1. The standard InChI is InChI=1S/C22H24N.3C20H20N.C15H24O2.C13H20O2.C13H24O2.C5H8O2.4Ir/c1-15-11-16(2)13-18(12-15)20-10-9-19-17(14-22(3,4)5)7-6-8-21(19)23-20;3*1-4-7-16-13-20(17-11-14(2)10-15(3)12-17)21-19-9-6-5-8-18(16)19;16-14(12-7-3-1-4-8-12)11-15(17)13-9-5-2-6-10-13;14-12(10-5-1-2-6-10)9-13(15)11-7-3-4-8-11;1-5-10(6-2)12(14)9-13(15)11(7-3)8-4;1-4(6)3-5(2)7;;;;/h6-12H,14H2,1-5H3;3*5-6,8-11,13H,4,7H2,1-3H3;11-13,16H,1-10H2;9-11,14H,1-8H2;9-11,14H,5-8H2,1-4H3;3,6H,1-2H3;;;;/q4*-1;;;;;;;;. The first-order valence-corrected chi connectivity index (χ1v) is 52.4. The van der Waals surface area contributed by atoms with Crippen molar-refractivity contribution in [1.82, 2.24) is 19.9 Å². The number of hydrogen-bond acceptors (Lipinski definition) is 12. The summed E-state index contributed by atoms with van der Waals surface area (Å²) in [5.74, 6) is 2.46. The largest absolute Gasteiger partial charge is 0.512 e. The molecule has 4 radical (unpaired) electrons. The molecule has 12 nitrogen and oxygen atoms in total. The van der Waals surface area contributed by atoms with Gasteiger partial charge in [-0.3, -0.25) is 39.1 Å². The third-order valence-electron chi connectivity index (χ3n) is 26.8. The number of hydrogen-bond donors (Lipinski definition) is 4. The summed E-state index contributed by atoms with van der Waals surface area (Å²) in [7, 11) is 0. The van der Waals surface area contributed by atoms with Gasteiger partial charge in [0.15, 0.2) is 23.1 Å². The first-order valence-electron chi connectivity index (χ1n) is 52.4. The van der Waals surface area contributed by atoms with Crippen LogP contribution in [0.5, 0.6) is 0 Å². The van der Waals surface area contributed by atoms with Crippen LogP contribution in [0, 0.1) is 121 Å². The van der Waals surface area contributed by atoms with Crippen LogP contribution in [0.3, 0.4) is 0 Å². The van der Waals surface area contributed by atoms with Gasteiger partial charge in [-0.1, -0.05) is 305 Å². The number of allylic oxidation sites excluding steroid dienone is 8. The average Bonchev–Trinajstić information content (AvgIpc) is 1.31. The van der Waals surface area contributed by atoms with Crippen LogP contribution in [0.1, 0.15) is 310 Å². The quantitative estimate of drug-likeness (QED) is 0.0240. The number of carbonyl (C=O) groups is 4. The number of fused-ring (bicyclic) bond motifs is 4. The molecule has 4 N–H and O–H groups in total. The van der Waals surface area contributed by atoms with E-state index in [0.29, 0.717) is 11.5 Å². The van der Waals surface area contributed by atoms with Gasteiger partial charge in [0.2, 0.25) is 0 Å². The summed E-state index contributed by atoms with van der Waals surface area (Å²) >= 11 is 0. The fraction of sp³-hybridized carbons (Fsp3) is 0.438. The van der Waals surface area contributed by atoms with Gasteiger partial charge in [-0.2, -0.15) is 0 Å². The van der Waals surface area contributed by atoms with Gasteiger partial charge < -0.3 is 20.4 Å². The normalized spacial score (nSPS) is 14.1. The van der Waals surface area contributed by atoms with E-state index in [2.05, 4.69) is 291 Å². The van der Waals surface area contributed by atoms with E-state index in [1.54, 1.807) is 6.08 Å². The molecule has 0 saturated heterocycles. The van der Waals surface area contributed by atoms with Crippen molar-refractivity contribution in [2.75, 3.05) is 0 Å². The predicted molar refractivity (Wildman–Crippen MR) is 587 cm³/mol. The zero-order valence-corrected chi connectivity index (χ0v) is 99.1. The molecule has 0 atom stereocenters. The van der Waals surface area contributed by atoms with Crippen molar-refractivity contribution in [1.29, 1.82) is 0 Å². The number of benzene rings is 8. The molecule has 0 amide bonds. The Balaban J connectivity index is 0.000000292. The number of aromatic nitrogens is 4. The molecule has 16 rings (SSSR count). The number of pyridine rings is 4. The Hall–Kier alpha value is -9.16. The molecule has 12 aromatic rings. The van der Waals surface area contributed by atoms with Crippen molar-refractivity contribution >= 4 is 66.7 Å². The maximum absolute atomic E-state index is 12.0. The maximum atomic E-state index is 12.0. The van der Waals surface area contributed by atoms with E-state index in [4.69, 9.17) is 25.0 Å². The van der Waals surface area contributed by atoms with Crippen LogP contribution < -0.4 is 0 Å². The van der Waals surface area contributed by atoms with Crippen LogP contribution in [0.2, 0.25) is 0 Å². The second kappa shape index (κ2) is 64.2. The van der Waals surface area contributed by atoms with Crippen molar-refractivity contribution in [2.24, 2.45) is 40.9 Å². The minimum atomic E-state index is -0.125. The Bertz CT molecular complexity index is 5770. The molecule has 16 heteroatoms. The SMILES string of the molecule is CC(=O)C=C(C)O.CCC(CC)C(=O)C=C(O)C(CC)CC.CCCc1cc(-c2[c-]c(C)cc(C)c2)nc2ccccc12.CCCc1cc(-c2[c-]c(C)cc(C)c2)nc2ccccc12.CCCc1cc(-c2[c-]c(C)cc(C)c2)nc2ccccc12.Cc1[c-]c(-c2ccc3c(CC(C)(C)C)cccc3n2)cc(C)c1.O=C(C=C(O)C1CCCC1)C1CCCC1.O=C(C=C(O)C1CCCCC1)C1CCCCC1.[Ir].[Ir].[Ir].[Ir]. The number of para-hydroxylation sites is 3. The zero-order valence-electron chi connectivity index (χ0n) is 89.5. The van der Waals surface area contributed by atoms with Gasteiger partial charge >= 0.3 is 0 Å². The Labute approximate surface area is 917 Å². The third kappa shape index (κ3) is 40.5. The molecule has 4 aliphatic rings. The molecule has 4 fully saturated rings. The summed E-state index contributed by atoms with van der Waals surface area (Å²) in [6.07, 6.45) is 37.2.